The van der Waals surface area contributed by atoms with E-state index in [4.69, 9.17) is 0 Å². The van der Waals surface area contributed by atoms with E-state index in [-0.39, 0.29) is 0 Å². The first-order valence-electron chi connectivity index (χ1n) is 3.77. The van der Waals surface area contributed by atoms with Crippen LogP contribution in [0.4, 0.5) is 0 Å². The van der Waals surface area contributed by atoms with E-state index in [2.05, 4.69) is 37.7 Å². The predicted octanol–water partition coefficient (Wildman–Crippen LogP) is 0.791. The fraction of sp³-hybridized carbons (Fsp3) is 0.444. The number of H-pyrrole nitrogens is 1. The molecule has 0 spiro atoms. The summed E-state index contributed by atoms with van der Waals surface area (Å²) < 4.78 is 0. The van der Waals surface area contributed by atoms with Crippen molar-refractivity contribution in [1.82, 2.24) is 9.97 Å². The van der Waals surface area contributed by atoms with Crippen LogP contribution in [0.25, 0.3) is 11.1 Å². The molecule has 0 fully saturated rings. The van der Waals surface area contributed by atoms with Crippen LogP contribution in [0, 0.1) is 0 Å². The quantitative estimate of drug-likeness (QED) is 0.582. The summed E-state index contributed by atoms with van der Waals surface area (Å²) in [6, 6.07) is 0. The molecule has 0 bridgehead atoms. The van der Waals surface area contributed by atoms with Gasteiger partial charge in [-0.1, -0.05) is 5.57 Å². The largest absolute Gasteiger partial charge is 0.345 e. The summed E-state index contributed by atoms with van der Waals surface area (Å²) in [4.78, 5) is 7.34. The third-order valence-electron chi connectivity index (χ3n) is 1.61. The standard InChI is InChI=1S/C9H14N2/c1-6(2)8-9(7(3)4)11-5-10-8/h5H,1-4H3,(H,10,11). The number of imidazole rings is 1. The van der Waals surface area contributed by atoms with Crippen molar-refractivity contribution in [3.05, 3.63) is 17.0 Å². The van der Waals surface area contributed by atoms with E-state index < -0.39 is 0 Å². The number of aromatic nitrogens is 2. The van der Waals surface area contributed by atoms with Crippen LogP contribution in [-0.4, -0.2) is 9.97 Å². The van der Waals surface area contributed by atoms with Crippen molar-refractivity contribution in [1.29, 1.82) is 0 Å². The summed E-state index contributed by atoms with van der Waals surface area (Å²) >= 11 is 0. The minimum Gasteiger partial charge on any atom is -0.345 e. The van der Waals surface area contributed by atoms with Gasteiger partial charge < -0.3 is 4.98 Å². The molecule has 1 heterocycles. The molecule has 1 N–H and O–H groups in total. The molecule has 2 nitrogen and oxygen atoms in total. The number of nitrogens with one attached hydrogen (secondary N) is 1. The topological polar surface area (TPSA) is 28.7 Å². The van der Waals surface area contributed by atoms with Crippen LogP contribution in [0.2, 0.25) is 0 Å². The van der Waals surface area contributed by atoms with Gasteiger partial charge in [0.25, 0.3) is 0 Å². The molecule has 0 atom stereocenters. The lowest BCUT2D eigenvalue weighted by Gasteiger charge is -1.86. The summed E-state index contributed by atoms with van der Waals surface area (Å²) in [5.41, 5.74) is 2.53. The fourth-order valence-corrected chi connectivity index (χ4v) is 1.05. The van der Waals surface area contributed by atoms with Gasteiger partial charge in [-0.3, -0.25) is 0 Å². The second-order valence-electron chi connectivity index (χ2n) is 3.13. The average molecular weight is 150 g/mol. The average Bonchev–Trinajstić information content (AvgIpc) is 2.32. The molecule has 0 saturated heterocycles. The summed E-state index contributed by atoms with van der Waals surface area (Å²) in [5, 5.41) is 2.25. The van der Waals surface area contributed by atoms with Gasteiger partial charge in [-0.25, -0.2) is 4.98 Å². The summed E-state index contributed by atoms with van der Waals surface area (Å²) in [5.74, 6) is 0. The van der Waals surface area contributed by atoms with Crippen molar-refractivity contribution in [2.24, 2.45) is 0 Å². The van der Waals surface area contributed by atoms with Crippen molar-refractivity contribution >= 4 is 11.1 Å². The first kappa shape index (κ1) is 8.05. The van der Waals surface area contributed by atoms with Gasteiger partial charge in [0.2, 0.25) is 0 Å². The van der Waals surface area contributed by atoms with Gasteiger partial charge >= 0.3 is 0 Å². The Labute approximate surface area is 66.7 Å². The van der Waals surface area contributed by atoms with Crippen molar-refractivity contribution in [3.63, 3.8) is 0 Å². The second-order valence-corrected chi connectivity index (χ2v) is 3.13. The van der Waals surface area contributed by atoms with Crippen molar-refractivity contribution in [2.45, 2.75) is 27.7 Å². The Morgan fingerprint density at radius 3 is 2.18 bits per heavy atom. The molecule has 0 radical (unpaired) electrons. The van der Waals surface area contributed by atoms with Crippen molar-refractivity contribution < 1.29 is 0 Å². The van der Waals surface area contributed by atoms with Crippen LogP contribution in [0.1, 0.15) is 27.7 Å². The maximum absolute atomic E-state index is 4.22. The van der Waals surface area contributed by atoms with E-state index >= 15 is 0 Å². The Hall–Kier alpha value is -1.05. The third kappa shape index (κ3) is 1.50. The van der Waals surface area contributed by atoms with Crippen LogP contribution in [0.5, 0.6) is 0 Å². The lowest BCUT2D eigenvalue weighted by Crippen LogP contribution is -2.27. The van der Waals surface area contributed by atoms with E-state index in [1.54, 1.807) is 6.33 Å². The van der Waals surface area contributed by atoms with Gasteiger partial charge in [0.05, 0.1) is 17.0 Å². The molecule has 0 saturated carbocycles. The number of hydrogen-bond donors (Lipinski definition) is 1. The number of rotatable bonds is 0. The van der Waals surface area contributed by atoms with Crippen LogP contribution < -0.4 is 10.7 Å². The normalized spacial score (nSPS) is 9.82. The molecule has 0 aliphatic heterocycles. The number of hydrogen-bond acceptors (Lipinski definition) is 1. The van der Waals surface area contributed by atoms with Crippen LogP contribution in [0.3, 0.4) is 0 Å². The van der Waals surface area contributed by atoms with Gasteiger partial charge in [-0.05, 0) is 33.3 Å². The first-order chi connectivity index (χ1) is 5.13. The van der Waals surface area contributed by atoms with Crippen LogP contribution in [-0.2, 0) is 0 Å². The Morgan fingerprint density at radius 1 is 1.18 bits per heavy atom. The third-order valence-corrected chi connectivity index (χ3v) is 1.61. The van der Waals surface area contributed by atoms with Gasteiger partial charge in [-0.2, -0.15) is 0 Å². The smallest absolute Gasteiger partial charge is 0.0931 e. The Kier molecular flexibility index (Phi) is 2.13. The van der Waals surface area contributed by atoms with Gasteiger partial charge in [0.15, 0.2) is 0 Å². The van der Waals surface area contributed by atoms with E-state index in [1.165, 1.54) is 11.1 Å². The summed E-state index contributed by atoms with van der Waals surface area (Å²) in [6.07, 6.45) is 1.74. The molecule has 60 valence electrons. The monoisotopic (exact) mass is 150 g/mol. The Bertz CT molecular complexity index is 315. The minimum atomic E-state index is 1.09. The highest BCUT2D eigenvalue weighted by molar-refractivity contribution is 5.42. The fourth-order valence-electron chi connectivity index (χ4n) is 1.05. The molecule has 1 rings (SSSR count). The molecule has 1 aromatic heterocycles. The maximum Gasteiger partial charge on any atom is 0.0931 e. The Morgan fingerprint density at radius 2 is 1.82 bits per heavy atom. The molecule has 1 aromatic rings. The molecule has 0 unspecified atom stereocenters. The Balaban J connectivity index is 3.68. The first-order valence-corrected chi connectivity index (χ1v) is 3.77. The lowest BCUT2D eigenvalue weighted by molar-refractivity contribution is 1.26. The number of aromatic amines is 1. The molecule has 0 aliphatic rings. The zero-order chi connectivity index (χ0) is 8.43. The molecule has 2 heteroatoms. The van der Waals surface area contributed by atoms with Crippen molar-refractivity contribution in [3.8, 4) is 0 Å². The minimum absolute atomic E-state index is 1.09. The second kappa shape index (κ2) is 2.91. The van der Waals surface area contributed by atoms with Gasteiger partial charge in [0, 0.05) is 0 Å². The number of nitrogens with zero attached hydrogens (tertiary/aromatic N) is 1. The SMILES string of the molecule is CC(C)=c1nc[nH]c1=C(C)C. The highest BCUT2D eigenvalue weighted by Gasteiger charge is 1.90. The van der Waals surface area contributed by atoms with Gasteiger partial charge in [-0.15, -0.1) is 0 Å². The van der Waals surface area contributed by atoms with Crippen molar-refractivity contribution in [2.75, 3.05) is 0 Å². The molecule has 0 aliphatic carbocycles. The molecule has 0 aromatic carbocycles. The lowest BCUT2D eigenvalue weighted by atomic mass is 10.2. The summed E-state index contributed by atoms with van der Waals surface area (Å²) in [7, 11) is 0. The molecular weight excluding hydrogens is 136 g/mol. The highest BCUT2D eigenvalue weighted by Crippen LogP contribution is 1.83. The van der Waals surface area contributed by atoms with E-state index in [1.807, 2.05) is 0 Å². The molecule has 0 amide bonds. The van der Waals surface area contributed by atoms with E-state index in [9.17, 15) is 0 Å². The highest BCUT2D eigenvalue weighted by atomic mass is 14.9. The predicted molar refractivity (Wildman–Crippen MR) is 47.3 cm³/mol. The van der Waals surface area contributed by atoms with Gasteiger partial charge in [0.1, 0.15) is 0 Å². The molecular formula is C9H14N2. The van der Waals surface area contributed by atoms with E-state index in [0.717, 1.165) is 10.7 Å². The molecule has 11 heavy (non-hydrogen) atoms. The zero-order valence-corrected chi connectivity index (χ0v) is 7.52. The van der Waals surface area contributed by atoms with E-state index in [0.29, 0.717) is 0 Å². The zero-order valence-electron chi connectivity index (χ0n) is 7.52. The summed E-state index contributed by atoms with van der Waals surface area (Å²) in [6.45, 7) is 8.31. The van der Waals surface area contributed by atoms with Crippen LogP contribution >= 0.6 is 0 Å². The van der Waals surface area contributed by atoms with Crippen LogP contribution in [0.15, 0.2) is 6.33 Å². The maximum atomic E-state index is 4.22.